The highest BCUT2D eigenvalue weighted by molar-refractivity contribution is 7.80. The average molecular weight is 213 g/mol. The zero-order valence-corrected chi connectivity index (χ0v) is 9.29. The van der Waals surface area contributed by atoms with Gasteiger partial charge in [-0.3, -0.25) is 4.98 Å². The molecule has 15 heavy (non-hydrogen) atoms. The first-order valence-electron chi connectivity index (χ1n) is 4.80. The maximum atomic E-state index is 5.01. The number of pyridine rings is 1. The Morgan fingerprint density at radius 2 is 2.07 bits per heavy atom. The van der Waals surface area contributed by atoms with Gasteiger partial charge in [0, 0.05) is 16.4 Å². The normalized spacial score (nSPS) is 11.0. The summed E-state index contributed by atoms with van der Waals surface area (Å²) in [5, 5.41) is 1.16. The van der Waals surface area contributed by atoms with Crippen molar-refractivity contribution in [3.8, 4) is 0 Å². The highest BCUT2D eigenvalue weighted by Crippen LogP contribution is 2.17. The van der Waals surface area contributed by atoms with Crippen molar-refractivity contribution < 1.29 is 0 Å². The molecule has 0 amide bonds. The number of hydrogen-bond donors (Lipinski definition) is 0. The third kappa shape index (κ3) is 2.28. The van der Waals surface area contributed by atoms with Gasteiger partial charge >= 0.3 is 0 Å². The molecular formula is C13H11NS. The van der Waals surface area contributed by atoms with Crippen LogP contribution in [-0.2, 0) is 0 Å². The molecule has 2 aromatic rings. The van der Waals surface area contributed by atoms with E-state index in [2.05, 4.69) is 11.1 Å². The van der Waals surface area contributed by atoms with Crippen molar-refractivity contribution in [3.63, 3.8) is 0 Å². The molecule has 0 atom stereocenters. The largest absolute Gasteiger partial charge is 0.256 e. The Balaban J connectivity index is 2.56. The summed E-state index contributed by atoms with van der Waals surface area (Å²) in [5.74, 6) is 0. The minimum atomic E-state index is 0.885. The van der Waals surface area contributed by atoms with E-state index in [-0.39, 0.29) is 0 Å². The highest BCUT2D eigenvalue weighted by atomic mass is 32.1. The zero-order chi connectivity index (χ0) is 10.7. The molecule has 0 aliphatic carbocycles. The molecule has 0 saturated heterocycles. The van der Waals surface area contributed by atoms with Gasteiger partial charge in [0.2, 0.25) is 0 Å². The Hall–Kier alpha value is -1.54. The summed E-state index contributed by atoms with van der Waals surface area (Å²) in [6.07, 6.45) is 5.80. The average Bonchev–Trinajstić information content (AvgIpc) is 2.26. The predicted octanol–water partition coefficient (Wildman–Crippen LogP) is 3.64. The quantitative estimate of drug-likeness (QED) is 0.558. The van der Waals surface area contributed by atoms with Gasteiger partial charge in [-0.05, 0) is 30.7 Å². The molecule has 0 N–H and O–H groups in total. The number of aromatic nitrogens is 1. The monoisotopic (exact) mass is 213 g/mol. The molecule has 0 fully saturated rings. The first-order valence-corrected chi connectivity index (χ1v) is 5.20. The van der Waals surface area contributed by atoms with E-state index in [0.717, 1.165) is 21.3 Å². The van der Waals surface area contributed by atoms with Crippen molar-refractivity contribution in [1.82, 2.24) is 4.98 Å². The molecule has 1 heterocycles. The highest BCUT2D eigenvalue weighted by Gasteiger charge is 1.96. The van der Waals surface area contributed by atoms with Crippen LogP contribution in [0.5, 0.6) is 0 Å². The first kappa shape index (κ1) is 9.99. The van der Waals surface area contributed by atoms with Crippen molar-refractivity contribution >= 4 is 34.1 Å². The SMILES string of the molecule is CC(=S)/C=C/c1ccnc2ccccc12. The van der Waals surface area contributed by atoms with E-state index >= 15 is 0 Å². The van der Waals surface area contributed by atoms with E-state index in [1.54, 1.807) is 0 Å². The lowest BCUT2D eigenvalue weighted by molar-refractivity contribution is 1.41. The molecular weight excluding hydrogens is 202 g/mol. The number of hydrogen-bond acceptors (Lipinski definition) is 2. The molecule has 0 spiro atoms. The summed E-state index contributed by atoms with van der Waals surface area (Å²) in [6.45, 7) is 1.91. The molecule has 1 aromatic heterocycles. The number of allylic oxidation sites excluding steroid dienone is 1. The minimum absolute atomic E-state index is 0.885. The van der Waals surface area contributed by atoms with Crippen molar-refractivity contribution in [1.29, 1.82) is 0 Å². The van der Waals surface area contributed by atoms with Crippen LogP contribution < -0.4 is 0 Å². The van der Waals surface area contributed by atoms with Crippen molar-refractivity contribution in [2.45, 2.75) is 6.92 Å². The van der Waals surface area contributed by atoms with Gasteiger partial charge in [-0.1, -0.05) is 36.5 Å². The van der Waals surface area contributed by atoms with E-state index in [0.29, 0.717) is 0 Å². The molecule has 0 aliphatic rings. The standard InChI is InChI=1S/C13H11NS/c1-10(15)6-7-11-8-9-14-13-5-3-2-4-12(11)13/h2-9H,1H3/b7-6+. The summed E-state index contributed by atoms with van der Waals surface area (Å²) in [4.78, 5) is 5.19. The van der Waals surface area contributed by atoms with E-state index in [1.807, 2.05) is 49.5 Å². The molecule has 0 bridgehead atoms. The van der Waals surface area contributed by atoms with Gasteiger partial charge in [0.15, 0.2) is 0 Å². The minimum Gasteiger partial charge on any atom is -0.256 e. The third-order valence-electron chi connectivity index (χ3n) is 2.18. The first-order chi connectivity index (χ1) is 7.27. The molecule has 1 nitrogen and oxygen atoms in total. The van der Waals surface area contributed by atoms with Crippen molar-refractivity contribution in [2.24, 2.45) is 0 Å². The molecule has 0 unspecified atom stereocenters. The maximum absolute atomic E-state index is 5.01. The molecule has 0 saturated carbocycles. The fourth-order valence-electron chi connectivity index (χ4n) is 1.47. The zero-order valence-electron chi connectivity index (χ0n) is 8.47. The second-order valence-corrected chi connectivity index (χ2v) is 4.01. The number of benzene rings is 1. The fraction of sp³-hybridized carbons (Fsp3) is 0.0769. The van der Waals surface area contributed by atoms with Crippen molar-refractivity contribution in [2.75, 3.05) is 0 Å². The van der Waals surface area contributed by atoms with E-state index in [4.69, 9.17) is 12.2 Å². The summed E-state index contributed by atoms with van der Waals surface area (Å²) < 4.78 is 0. The molecule has 1 aromatic carbocycles. The van der Waals surface area contributed by atoms with Gasteiger partial charge in [-0.15, -0.1) is 0 Å². The van der Waals surface area contributed by atoms with Crippen LogP contribution in [0.3, 0.4) is 0 Å². The van der Waals surface area contributed by atoms with Crippen molar-refractivity contribution in [3.05, 3.63) is 48.2 Å². The lowest BCUT2D eigenvalue weighted by Crippen LogP contribution is -1.82. The number of para-hydroxylation sites is 1. The van der Waals surface area contributed by atoms with Crippen LogP contribution in [-0.4, -0.2) is 9.85 Å². The van der Waals surface area contributed by atoms with Crippen LogP contribution in [0.25, 0.3) is 17.0 Å². The van der Waals surface area contributed by atoms with Crippen LogP contribution in [0.1, 0.15) is 12.5 Å². The Morgan fingerprint density at radius 1 is 1.27 bits per heavy atom. The van der Waals surface area contributed by atoms with E-state index in [9.17, 15) is 0 Å². The number of fused-ring (bicyclic) bond motifs is 1. The number of nitrogens with zero attached hydrogens (tertiary/aromatic N) is 1. The molecule has 74 valence electrons. The topological polar surface area (TPSA) is 12.9 Å². The molecule has 2 heteroatoms. The summed E-state index contributed by atoms with van der Waals surface area (Å²) in [6, 6.07) is 10.1. The van der Waals surface area contributed by atoms with Crippen LogP contribution >= 0.6 is 12.2 Å². The molecule has 2 rings (SSSR count). The Bertz CT molecular complexity index is 524. The van der Waals surface area contributed by atoms with Crippen LogP contribution in [0, 0.1) is 0 Å². The second kappa shape index (κ2) is 4.32. The van der Waals surface area contributed by atoms with E-state index in [1.165, 1.54) is 0 Å². The number of rotatable bonds is 2. The lowest BCUT2D eigenvalue weighted by Gasteiger charge is -2.00. The van der Waals surface area contributed by atoms with Gasteiger partial charge < -0.3 is 0 Å². The fourth-order valence-corrected chi connectivity index (χ4v) is 1.54. The predicted molar refractivity (Wildman–Crippen MR) is 69.0 cm³/mol. The maximum Gasteiger partial charge on any atom is 0.0707 e. The Labute approximate surface area is 94.5 Å². The van der Waals surface area contributed by atoms with E-state index < -0.39 is 0 Å². The van der Waals surface area contributed by atoms with Crippen LogP contribution in [0.15, 0.2) is 42.6 Å². The van der Waals surface area contributed by atoms with Crippen LogP contribution in [0.4, 0.5) is 0 Å². The summed E-state index contributed by atoms with van der Waals surface area (Å²) >= 11 is 5.01. The summed E-state index contributed by atoms with van der Waals surface area (Å²) in [5.41, 5.74) is 2.17. The third-order valence-corrected chi connectivity index (χ3v) is 2.32. The lowest BCUT2D eigenvalue weighted by atomic mass is 10.1. The van der Waals surface area contributed by atoms with Crippen LogP contribution in [0.2, 0.25) is 0 Å². The van der Waals surface area contributed by atoms with Gasteiger partial charge in [-0.25, -0.2) is 0 Å². The van der Waals surface area contributed by atoms with Gasteiger partial charge in [0.05, 0.1) is 5.52 Å². The number of thiocarbonyl (C=S) groups is 1. The smallest absolute Gasteiger partial charge is 0.0707 e. The molecule has 0 aliphatic heterocycles. The summed E-state index contributed by atoms with van der Waals surface area (Å²) in [7, 11) is 0. The molecule has 0 radical (unpaired) electrons. The van der Waals surface area contributed by atoms with Gasteiger partial charge in [-0.2, -0.15) is 0 Å². The second-order valence-electron chi connectivity index (χ2n) is 3.36. The van der Waals surface area contributed by atoms with Gasteiger partial charge in [0.1, 0.15) is 0 Å². The Kier molecular flexibility index (Phi) is 2.88. The van der Waals surface area contributed by atoms with Gasteiger partial charge in [0.25, 0.3) is 0 Å². The Morgan fingerprint density at radius 3 is 2.87 bits per heavy atom.